The Balaban J connectivity index is 1.40. The molecule has 2 N–H and O–H groups in total. The fraction of sp³-hybridized carbons (Fsp3) is 0.192. The average Bonchev–Trinajstić information content (AvgIpc) is 3.40. The third-order valence-electron chi connectivity index (χ3n) is 5.66. The first kappa shape index (κ1) is 28.2. The lowest BCUT2D eigenvalue weighted by atomic mass is 10.1. The monoisotopic (exact) mass is 577 g/mol. The number of aliphatic hydroxyl groups is 1. The first-order chi connectivity index (χ1) is 18.5. The molecule has 0 saturated carbocycles. The summed E-state index contributed by atoms with van der Waals surface area (Å²) in [6, 6.07) is 12.7. The molecule has 2 aromatic carbocycles. The highest BCUT2D eigenvalue weighted by Gasteiger charge is 2.30. The van der Waals surface area contributed by atoms with Crippen LogP contribution in [0.5, 0.6) is 10.9 Å². The highest BCUT2D eigenvalue weighted by molar-refractivity contribution is 7.91. The molecule has 0 aliphatic heterocycles. The second kappa shape index (κ2) is 11.5. The number of carbonyl (C=O) groups is 1. The molecule has 2 heterocycles. The molecule has 0 radical (unpaired) electrons. The number of aliphatic hydroxyl groups excluding tert-OH is 1. The van der Waals surface area contributed by atoms with E-state index in [9.17, 15) is 31.5 Å². The number of benzene rings is 2. The van der Waals surface area contributed by atoms with Gasteiger partial charge in [0.05, 0.1) is 40.2 Å². The van der Waals surface area contributed by atoms with E-state index in [1.54, 1.807) is 29.6 Å². The number of thiazole rings is 1. The molecule has 0 fully saturated rings. The number of halogens is 3. The summed E-state index contributed by atoms with van der Waals surface area (Å²) in [4.78, 5) is 21.2. The molecule has 4 rings (SSSR count). The van der Waals surface area contributed by atoms with Gasteiger partial charge >= 0.3 is 6.18 Å². The maximum atomic E-state index is 12.8. The molecular formula is C26H22F3N3O5S2. The molecule has 0 aliphatic rings. The Kier molecular flexibility index (Phi) is 8.33. The third kappa shape index (κ3) is 6.80. The van der Waals surface area contributed by atoms with Crippen LogP contribution in [0.2, 0.25) is 0 Å². The molecule has 1 atom stereocenters. The number of pyridine rings is 1. The highest BCUT2D eigenvalue weighted by Crippen LogP contribution is 2.33. The smallest absolute Gasteiger partial charge is 0.416 e. The summed E-state index contributed by atoms with van der Waals surface area (Å²) < 4.78 is 67.7. The summed E-state index contributed by atoms with van der Waals surface area (Å²) in [6.07, 6.45) is -3.24. The molecule has 1 amide bonds. The molecule has 13 heteroatoms. The van der Waals surface area contributed by atoms with Crippen LogP contribution in [0.25, 0.3) is 11.3 Å². The van der Waals surface area contributed by atoms with Crippen LogP contribution in [0.4, 0.5) is 13.2 Å². The van der Waals surface area contributed by atoms with Crippen LogP contribution in [0.1, 0.15) is 34.6 Å². The number of nitrogens with one attached hydrogen (secondary N) is 1. The Hall–Kier alpha value is -3.81. The molecule has 0 bridgehead atoms. The molecular weight excluding hydrogens is 555 g/mol. The molecule has 0 aliphatic carbocycles. The minimum Gasteiger partial charge on any atom is -0.431 e. The fourth-order valence-electron chi connectivity index (χ4n) is 3.45. The number of amides is 1. The topological polar surface area (TPSA) is 118 Å². The largest absolute Gasteiger partial charge is 0.431 e. The van der Waals surface area contributed by atoms with Crippen LogP contribution >= 0.6 is 11.3 Å². The summed E-state index contributed by atoms with van der Waals surface area (Å²) in [7, 11) is -3.42. The molecule has 8 nitrogen and oxygen atoms in total. The summed E-state index contributed by atoms with van der Waals surface area (Å²) >= 11 is 1.17. The minimum atomic E-state index is -4.43. The van der Waals surface area contributed by atoms with Gasteiger partial charge in [-0.05, 0) is 48.5 Å². The second-order valence-corrected chi connectivity index (χ2v) is 11.3. The molecule has 0 saturated heterocycles. The molecule has 2 aromatic heterocycles. The number of alkyl halides is 3. The van der Waals surface area contributed by atoms with E-state index in [1.165, 1.54) is 48.7 Å². The van der Waals surface area contributed by atoms with Crippen molar-refractivity contribution >= 4 is 27.1 Å². The number of aromatic nitrogens is 2. The Morgan fingerprint density at radius 2 is 1.77 bits per heavy atom. The van der Waals surface area contributed by atoms with Crippen molar-refractivity contribution in [1.82, 2.24) is 15.3 Å². The summed E-state index contributed by atoms with van der Waals surface area (Å²) in [5.41, 5.74) is 1.06. The van der Waals surface area contributed by atoms with Crippen molar-refractivity contribution in [1.29, 1.82) is 0 Å². The molecule has 39 heavy (non-hydrogen) atoms. The van der Waals surface area contributed by atoms with Gasteiger partial charge in [0.25, 0.3) is 11.1 Å². The van der Waals surface area contributed by atoms with Gasteiger partial charge in [-0.15, -0.1) is 0 Å². The first-order valence-corrected chi connectivity index (χ1v) is 14.0. The first-order valence-electron chi connectivity index (χ1n) is 11.5. The Morgan fingerprint density at radius 1 is 1.08 bits per heavy atom. The van der Waals surface area contributed by atoms with E-state index in [0.29, 0.717) is 22.5 Å². The van der Waals surface area contributed by atoms with Gasteiger partial charge in [-0.1, -0.05) is 30.4 Å². The summed E-state index contributed by atoms with van der Waals surface area (Å²) in [6.45, 7) is 1.08. The molecule has 1 unspecified atom stereocenters. The van der Waals surface area contributed by atoms with Crippen molar-refractivity contribution in [2.75, 3.05) is 12.4 Å². The van der Waals surface area contributed by atoms with Gasteiger partial charge in [-0.25, -0.2) is 13.4 Å². The van der Waals surface area contributed by atoms with E-state index >= 15 is 0 Å². The van der Waals surface area contributed by atoms with Crippen molar-refractivity contribution < 1.29 is 36.2 Å². The quantitative estimate of drug-likeness (QED) is 0.278. The SMILES string of the molecule is CCS(=O)(=O)c1ccc(C(CO)NC(=O)c2ccc(-c3csc(Oc4ccc(C(F)(F)F)cc4)n3)cc2)nc1. The maximum Gasteiger partial charge on any atom is 0.416 e. The maximum absolute atomic E-state index is 12.8. The molecule has 204 valence electrons. The Labute approximate surface area is 226 Å². The van der Waals surface area contributed by atoms with E-state index in [0.717, 1.165) is 12.1 Å². The van der Waals surface area contributed by atoms with Gasteiger partial charge in [-0.2, -0.15) is 13.2 Å². The predicted octanol–water partition coefficient (Wildman–Crippen LogP) is 5.27. The lowest BCUT2D eigenvalue weighted by molar-refractivity contribution is -0.137. The zero-order valence-electron chi connectivity index (χ0n) is 20.3. The second-order valence-electron chi connectivity index (χ2n) is 8.23. The van der Waals surface area contributed by atoms with Crippen LogP contribution in [-0.2, 0) is 16.0 Å². The lowest BCUT2D eigenvalue weighted by Crippen LogP contribution is -2.31. The fourth-order valence-corrected chi connectivity index (χ4v) is 4.96. The molecule has 4 aromatic rings. The van der Waals surface area contributed by atoms with Gasteiger partial charge in [-0.3, -0.25) is 9.78 Å². The van der Waals surface area contributed by atoms with E-state index in [1.807, 2.05) is 0 Å². The van der Waals surface area contributed by atoms with Gasteiger partial charge in [0.15, 0.2) is 9.84 Å². The van der Waals surface area contributed by atoms with Crippen molar-refractivity contribution in [2.45, 2.75) is 24.0 Å². The zero-order valence-corrected chi connectivity index (χ0v) is 22.0. The summed E-state index contributed by atoms with van der Waals surface area (Å²) in [5.74, 6) is -0.332. The number of hydrogen-bond acceptors (Lipinski definition) is 8. The number of nitrogens with zero attached hydrogens (tertiary/aromatic N) is 2. The van der Waals surface area contributed by atoms with E-state index < -0.39 is 40.1 Å². The van der Waals surface area contributed by atoms with Crippen LogP contribution in [0.3, 0.4) is 0 Å². The normalized spacial score (nSPS) is 12.6. The van der Waals surface area contributed by atoms with Crippen molar-refractivity contribution in [2.24, 2.45) is 0 Å². The number of ether oxygens (including phenoxy) is 1. The van der Waals surface area contributed by atoms with Crippen LogP contribution in [-0.4, -0.2) is 41.8 Å². The predicted molar refractivity (Wildman–Crippen MR) is 138 cm³/mol. The Morgan fingerprint density at radius 3 is 2.33 bits per heavy atom. The number of sulfone groups is 1. The van der Waals surface area contributed by atoms with Crippen LogP contribution in [0, 0.1) is 0 Å². The number of hydrogen-bond donors (Lipinski definition) is 2. The zero-order chi connectivity index (χ0) is 28.2. The van der Waals surface area contributed by atoms with Crippen molar-refractivity contribution in [3.63, 3.8) is 0 Å². The van der Waals surface area contributed by atoms with Gasteiger partial charge in [0, 0.05) is 22.7 Å². The number of carbonyl (C=O) groups excluding carboxylic acids is 1. The van der Waals surface area contributed by atoms with E-state index in [-0.39, 0.29) is 21.6 Å². The highest BCUT2D eigenvalue weighted by atomic mass is 32.2. The van der Waals surface area contributed by atoms with Gasteiger partial charge in [0.1, 0.15) is 5.75 Å². The molecule has 0 spiro atoms. The van der Waals surface area contributed by atoms with Crippen molar-refractivity contribution in [3.8, 4) is 22.2 Å². The van der Waals surface area contributed by atoms with E-state index in [2.05, 4.69) is 15.3 Å². The van der Waals surface area contributed by atoms with Gasteiger partial charge in [0.2, 0.25) is 0 Å². The van der Waals surface area contributed by atoms with Crippen molar-refractivity contribution in [3.05, 3.63) is 89.1 Å². The standard InChI is InChI=1S/C26H22F3N3O5S2/c1-2-39(35,36)20-11-12-21(30-13-20)22(14-33)31-24(34)17-5-3-16(4-6-17)23-15-38-25(32-23)37-19-9-7-18(8-10-19)26(27,28)29/h3-13,15,22,33H,2,14H2,1H3,(H,31,34). The van der Waals surface area contributed by atoms with Crippen LogP contribution < -0.4 is 10.1 Å². The Bertz CT molecular complexity index is 1540. The third-order valence-corrected chi connectivity index (χ3v) is 8.09. The van der Waals surface area contributed by atoms with Gasteiger partial charge < -0.3 is 15.2 Å². The lowest BCUT2D eigenvalue weighted by Gasteiger charge is -2.16. The number of rotatable bonds is 9. The van der Waals surface area contributed by atoms with Crippen LogP contribution in [0.15, 0.2) is 77.1 Å². The minimum absolute atomic E-state index is 0.0577. The summed E-state index contributed by atoms with van der Waals surface area (Å²) in [5, 5.41) is 14.4. The average molecular weight is 578 g/mol. The van der Waals surface area contributed by atoms with E-state index in [4.69, 9.17) is 4.74 Å².